The van der Waals surface area contributed by atoms with Gasteiger partial charge in [-0.3, -0.25) is 4.99 Å². The number of halogens is 1. The van der Waals surface area contributed by atoms with E-state index in [-0.39, 0.29) is 11.6 Å². The molecule has 94 valence electrons. The standard InChI is InChI=1S/C8H15FN2O4S/c1-10-8(11-9)16-6-2-4(13)7(14)5(3-12)15-6/h4-7,12-14H,2-3H2,1H3,(H,10,11)/t4?,5?,6-,7+/m1/s1. The smallest absolute Gasteiger partial charge is 0.187 e. The third-order valence-corrected chi connectivity index (χ3v) is 3.29. The van der Waals surface area contributed by atoms with Crippen molar-refractivity contribution in [3.63, 3.8) is 0 Å². The quantitative estimate of drug-likeness (QED) is 0.287. The van der Waals surface area contributed by atoms with Crippen LogP contribution in [0.5, 0.6) is 0 Å². The maximum Gasteiger partial charge on any atom is 0.187 e. The second kappa shape index (κ2) is 6.36. The van der Waals surface area contributed by atoms with Gasteiger partial charge < -0.3 is 20.1 Å². The zero-order valence-corrected chi connectivity index (χ0v) is 9.52. The van der Waals surface area contributed by atoms with Gasteiger partial charge in [-0.15, -0.1) is 4.48 Å². The molecule has 0 saturated carbocycles. The van der Waals surface area contributed by atoms with Crippen LogP contribution in [-0.4, -0.2) is 57.9 Å². The minimum Gasteiger partial charge on any atom is -0.394 e. The molecule has 1 heterocycles. The topological polar surface area (TPSA) is 94.3 Å². The van der Waals surface area contributed by atoms with Crippen LogP contribution in [0.2, 0.25) is 0 Å². The summed E-state index contributed by atoms with van der Waals surface area (Å²) in [5, 5.41) is 27.9. The largest absolute Gasteiger partial charge is 0.394 e. The minimum atomic E-state index is -1.12. The number of amidine groups is 1. The lowest BCUT2D eigenvalue weighted by molar-refractivity contribution is -0.156. The highest BCUT2D eigenvalue weighted by Crippen LogP contribution is 2.28. The van der Waals surface area contributed by atoms with E-state index in [2.05, 4.69) is 4.99 Å². The average molecular weight is 254 g/mol. The first kappa shape index (κ1) is 13.7. The lowest BCUT2D eigenvalue weighted by atomic mass is 10.0. The van der Waals surface area contributed by atoms with Crippen LogP contribution in [0.1, 0.15) is 6.42 Å². The monoisotopic (exact) mass is 254 g/mol. The highest BCUT2D eigenvalue weighted by atomic mass is 32.2. The molecule has 1 rings (SSSR count). The first-order chi connectivity index (χ1) is 7.62. The Morgan fingerprint density at radius 3 is 2.81 bits per heavy atom. The van der Waals surface area contributed by atoms with E-state index in [0.29, 0.717) is 0 Å². The molecule has 1 aliphatic rings. The van der Waals surface area contributed by atoms with E-state index < -0.39 is 30.4 Å². The Bertz CT molecular complexity index is 256. The number of nitrogens with one attached hydrogen (secondary N) is 1. The molecular weight excluding hydrogens is 239 g/mol. The molecule has 6 nitrogen and oxygen atoms in total. The van der Waals surface area contributed by atoms with Gasteiger partial charge in [-0.25, -0.2) is 5.54 Å². The number of thioether (sulfide) groups is 1. The molecule has 0 amide bonds. The Labute approximate surface area is 96.5 Å². The van der Waals surface area contributed by atoms with Crippen molar-refractivity contribution in [3.05, 3.63) is 0 Å². The Hall–Kier alpha value is -0.410. The predicted molar refractivity (Wildman–Crippen MR) is 57.6 cm³/mol. The van der Waals surface area contributed by atoms with Gasteiger partial charge in [-0.05, 0) is 0 Å². The number of ether oxygens (including phenoxy) is 1. The maximum absolute atomic E-state index is 12.1. The van der Waals surface area contributed by atoms with Gasteiger partial charge in [0.15, 0.2) is 5.17 Å². The van der Waals surface area contributed by atoms with Gasteiger partial charge in [0.25, 0.3) is 0 Å². The lowest BCUT2D eigenvalue weighted by Crippen LogP contribution is -2.49. The molecular formula is C8H15FN2O4S. The normalized spacial score (nSPS) is 36.2. The first-order valence-corrected chi connectivity index (χ1v) is 5.62. The summed E-state index contributed by atoms with van der Waals surface area (Å²) in [5.41, 5.74) is 0.826. The number of nitrogens with zero attached hydrogens (tertiary/aromatic N) is 1. The van der Waals surface area contributed by atoms with Crippen molar-refractivity contribution in [2.45, 2.75) is 30.2 Å². The van der Waals surface area contributed by atoms with Crippen molar-refractivity contribution < 1.29 is 24.5 Å². The molecule has 2 unspecified atom stereocenters. The molecule has 16 heavy (non-hydrogen) atoms. The van der Waals surface area contributed by atoms with Crippen LogP contribution in [-0.2, 0) is 4.74 Å². The predicted octanol–water partition coefficient (Wildman–Crippen LogP) is -0.991. The van der Waals surface area contributed by atoms with E-state index in [9.17, 15) is 14.7 Å². The summed E-state index contributed by atoms with van der Waals surface area (Å²) >= 11 is 0.950. The third kappa shape index (κ3) is 3.29. The molecule has 0 spiro atoms. The van der Waals surface area contributed by atoms with Crippen LogP contribution in [0.15, 0.2) is 4.99 Å². The molecule has 4 atom stereocenters. The average Bonchev–Trinajstić information content (AvgIpc) is 2.30. The molecule has 1 saturated heterocycles. The van der Waals surface area contributed by atoms with E-state index in [4.69, 9.17) is 9.84 Å². The summed E-state index contributed by atoms with van der Waals surface area (Å²) in [4.78, 5) is 3.60. The molecule has 1 fully saturated rings. The fourth-order valence-corrected chi connectivity index (χ4v) is 2.27. The lowest BCUT2D eigenvalue weighted by Gasteiger charge is -2.35. The molecule has 0 aromatic carbocycles. The highest BCUT2D eigenvalue weighted by Gasteiger charge is 2.37. The van der Waals surface area contributed by atoms with Crippen LogP contribution < -0.4 is 5.54 Å². The number of rotatable bonds is 2. The van der Waals surface area contributed by atoms with Crippen molar-refractivity contribution in [1.82, 2.24) is 5.54 Å². The molecule has 0 aromatic heterocycles. The number of hydrogen-bond donors (Lipinski definition) is 4. The van der Waals surface area contributed by atoms with Gasteiger partial charge in [0.1, 0.15) is 17.6 Å². The number of aliphatic hydroxyl groups excluding tert-OH is 3. The van der Waals surface area contributed by atoms with Gasteiger partial charge in [-0.1, -0.05) is 11.8 Å². The van der Waals surface area contributed by atoms with E-state index in [1.54, 1.807) is 0 Å². The van der Waals surface area contributed by atoms with Gasteiger partial charge in [-0.2, -0.15) is 0 Å². The summed E-state index contributed by atoms with van der Waals surface area (Å²) in [7, 11) is 1.41. The molecule has 4 N–H and O–H groups in total. The van der Waals surface area contributed by atoms with Crippen molar-refractivity contribution >= 4 is 16.9 Å². The number of aliphatic hydroxyl groups is 3. The van der Waals surface area contributed by atoms with Crippen LogP contribution in [0, 0.1) is 0 Å². The summed E-state index contributed by atoms with van der Waals surface area (Å²) in [5.74, 6) is 0. The van der Waals surface area contributed by atoms with Gasteiger partial charge in [0.2, 0.25) is 0 Å². The highest BCUT2D eigenvalue weighted by molar-refractivity contribution is 8.14. The SMILES string of the molecule is CN=C(NF)S[C@@H]1CC(O)[C@H](O)C(CO)O1. The molecule has 0 bridgehead atoms. The Balaban J connectivity index is 2.56. The van der Waals surface area contributed by atoms with Crippen LogP contribution in [0.4, 0.5) is 4.48 Å². The summed E-state index contributed by atoms with van der Waals surface area (Å²) in [6.45, 7) is -0.406. The van der Waals surface area contributed by atoms with E-state index in [1.807, 2.05) is 0 Å². The fourth-order valence-electron chi connectivity index (χ4n) is 1.38. The number of hydrogen-bond acceptors (Lipinski definition) is 6. The fraction of sp³-hybridized carbons (Fsp3) is 0.875. The van der Waals surface area contributed by atoms with Gasteiger partial charge in [0.05, 0.1) is 12.7 Å². The summed E-state index contributed by atoms with van der Waals surface area (Å²) < 4.78 is 17.4. The van der Waals surface area contributed by atoms with Crippen LogP contribution in [0.25, 0.3) is 0 Å². The van der Waals surface area contributed by atoms with Gasteiger partial charge >= 0.3 is 0 Å². The zero-order chi connectivity index (χ0) is 12.1. The molecule has 8 heteroatoms. The van der Waals surface area contributed by atoms with Crippen molar-refractivity contribution in [3.8, 4) is 0 Å². The van der Waals surface area contributed by atoms with Crippen molar-refractivity contribution in [1.29, 1.82) is 0 Å². The van der Waals surface area contributed by atoms with Crippen molar-refractivity contribution in [2.75, 3.05) is 13.7 Å². The van der Waals surface area contributed by atoms with Crippen LogP contribution >= 0.6 is 11.8 Å². The maximum atomic E-state index is 12.1. The van der Waals surface area contributed by atoms with Crippen LogP contribution in [0.3, 0.4) is 0 Å². The molecule has 1 aliphatic heterocycles. The van der Waals surface area contributed by atoms with E-state index in [0.717, 1.165) is 11.8 Å². The minimum absolute atomic E-state index is 0.0188. The second-order valence-electron chi connectivity index (χ2n) is 3.32. The second-order valence-corrected chi connectivity index (χ2v) is 4.47. The molecule has 0 radical (unpaired) electrons. The Morgan fingerprint density at radius 2 is 2.31 bits per heavy atom. The van der Waals surface area contributed by atoms with E-state index in [1.165, 1.54) is 12.6 Å². The third-order valence-electron chi connectivity index (χ3n) is 2.24. The van der Waals surface area contributed by atoms with Crippen molar-refractivity contribution in [2.24, 2.45) is 4.99 Å². The molecule has 0 aliphatic carbocycles. The molecule has 0 aromatic rings. The van der Waals surface area contributed by atoms with E-state index >= 15 is 0 Å². The Kier molecular flexibility index (Phi) is 5.42. The number of aliphatic imine (C=N–C) groups is 1. The zero-order valence-electron chi connectivity index (χ0n) is 8.71. The van der Waals surface area contributed by atoms with Gasteiger partial charge in [0, 0.05) is 13.5 Å². The Morgan fingerprint density at radius 1 is 1.62 bits per heavy atom. The first-order valence-electron chi connectivity index (χ1n) is 4.75. The summed E-state index contributed by atoms with van der Waals surface area (Å²) in [6.07, 6.45) is -2.84. The summed E-state index contributed by atoms with van der Waals surface area (Å²) in [6, 6.07) is 0.